The maximum absolute atomic E-state index is 12.5. The van der Waals surface area contributed by atoms with E-state index in [-0.39, 0.29) is 12.3 Å². The van der Waals surface area contributed by atoms with E-state index in [0.29, 0.717) is 13.0 Å². The molecule has 8 heteroatoms. The van der Waals surface area contributed by atoms with Crippen molar-refractivity contribution in [3.63, 3.8) is 0 Å². The van der Waals surface area contributed by atoms with Crippen molar-refractivity contribution in [1.29, 1.82) is 0 Å². The fraction of sp³-hybridized carbons (Fsp3) is 0.824. The molecule has 3 unspecified atom stereocenters. The Morgan fingerprint density at radius 3 is 2.44 bits per heavy atom. The highest BCUT2D eigenvalue weighted by atomic mass is 16.5. The molecule has 0 aromatic rings. The number of nitrogens with zero attached hydrogens (tertiary/aromatic N) is 1. The van der Waals surface area contributed by atoms with Crippen molar-refractivity contribution in [2.24, 2.45) is 5.92 Å². The van der Waals surface area contributed by atoms with E-state index in [0.717, 1.165) is 38.5 Å². The van der Waals surface area contributed by atoms with Gasteiger partial charge >= 0.3 is 0 Å². The van der Waals surface area contributed by atoms with Gasteiger partial charge in [0.25, 0.3) is 0 Å². The molecule has 0 saturated carbocycles. The van der Waals surface area contributed by atoms with Gasteiger partial charge in [-0.2, -0.15) is 0 Å². The highest BCUT2D eigenvalue weighted by Crippen LogP contribution is 2.17. The van der Waals surface area contributed by atoms with E-state index >= 15 is 0 Å². The molecule has 0 aliphatic carbocycles. The fourth-order valence-corrected chi connectivity index (χ4v) is 3.05. The minimum Gasteiger partial charge on any atom is -0.391 e. The van der Waals surface area contributed by atoms with Gasteiger partial charge in [-0.3, -0.25) is 19.6 Å². The standard InChI is InChI=1S/C17H31N3O5/c1-12(21)15-17(24)20(2)10-8-6-4-3-5-7-9-13(16(23)18-15)11-14(22)19-25/h12-13,15,21,25H,3-11H2,1-2H3,(H,18,23)(H,19,22). The highest BCUT2D eigenvalue weighted by Gasteiger charge is 2.31. The summed E-state index contributed by atoms with van der Waals surface area (Å²) in [6.45, 7) is 2.03. The predicted molar refractivity (Wildman–Crippen MR) is 91.6 cm³/mol. The molecule has 1 aliphatic rings. The van der Waals surface area contributed by atoms with Gasteiger partial charge in [0.2, 0.25) is 17.7 Å². The molecule has 3 atom stereocenters. The molecule has 1 heterocycles. The number of hydroxylamine groups is 1. The number of nitrogens with one attached hydrogen (secondary N) is 2. The van der Waals surface area contributed by atoms with Crippen LogP contribution in [0.4, 0.5) is 0 Å². The van der Waals surface area contributed by atoms with Crippen LogP contribution in [0, 0.1) is 5.92 Å². The van der Waals surface area contributed by atoms with Crippen LogP contribution in [0.25, 0.3) is 0 Å². The van der Waals surface area contributed by atoms with E-state index in [9.17, 15) is 19.5 Å². The van der Waals surface area contributed by atoms with Crippen LogP contribution in [-0.4, -0.2) is 58.7 Å². The SMILES string of the molecule is CC(O)C1NC(=O)C(CC(=O)NO)CCCCCCCCN(C)C1=O. The van der Waals surface area contributed by atoms with Gasteiger partial charge in [0, 0.05) is 25.9 Å². The van der Waals surface area contributed by atoms with E-state index in [4.69, 9.17) is 5.21 Å². The number of amides is 3. The molecule has 0 spiro atoms. The summed E-state index contributed by atoms with van der Waals surface area (Å²) < 4.78 is 0. The van der Waals surface area contributed by atoms with Crippen LogP contribution in [0.2, 0.25) is 0 Å². The third kappa shape index (κ3) is 7.39. The van der Waals surface area contributed by atoms with Crippen LogP contribution in [0.1, 0.15) is 58.3 Å². The number of aliphatic hydroxyl groups excluding tert-OH is 1. The molecule has 0 aromatic carbocycles. The number of rotatable bonds is 3. The monoisotopic (exact) mass is 357 g/mol. The molecule has 25 heavy (non-hydrogen) atoms. The van der Waals surface area contributed by atoms with Crippen LogP contribution >= 0.6 is 0 Å². The molecule has 0 radical (unpaired) electrons. The summed E-state index contributed by atoms with van der Waals surface area (Å²) in [6.07, 6.45) is 5.10. The molecule has 3 amide bonds. The molecule has 1 rings (SSSR count). The normalized spacial score (nSPS) is 25.7. The van der Waals surface area contributed by atoms with Crippen molar-refractivity contribution in [2.45, 2.75) is 70.4 Å². The first-order valence-corrected chi connectivity index (χ1v) is 9.03. The highest BCUT2D eigenvalue weighted by molar-refractivity contribution is 5.90. The van der Waals surface area contributed by atoms with Crippen molar-refractivity contribution in [3.05, 3.63) is 0 Å². The van der Waals surface area contributed by atoms with Crippen LogP contribution < -0.4 is 10.8 Å². The summed E-state index contributed by atoms with van der Waals surface area (Å²) in [4.78, 5) is 38.1. The lowest BCUT2D eigenvalue weighted by Crippen LogP contribution is -2.54. The van der Waals surface area contributed by atoms with Gasteiger partial charge in [0.1, 0.15) is 6.04 Å². The molecular weight excluding hydrogens is 326 g/mol. The van der Waals surface area contributed by atoms with Crippen LogP contribution in [0.15, 0.2) is 0 Å². The lowest BCUT2D eigenvalue weighted by atomic mass is 9.95. The lowest BCUT2D eigenvalue weighted by Gasteiger charge is -2.28. The number of carbonyl (C=O) groups is 3. The second-order valence-corrected chi connectivity index (χ2v) is 6.83. The minimum atomic E-state index is -1.04. The zero-order valence-electron chi connectivity index (χ0n) is 15.2. The molecular formula is C17H31N3O5. The number of hydrogen-bond donors (Lipinski definition) is 4. The van der Waals surface area contributed by atoms with E-state index in [2.05, 4.69) is 5.32 Å². The second-order valence-electron chi connectivity index (χ2n) is 6.83. The van der Waals surface area contributed by atoms with Crippen LogP contribution in [0.5, 0.6) is 0 Å². The summed E-state index contributed by atoms with van der Waals surface area (Å²) in [5.41, 5.74) is 1.54. The fourth-order valence-electron chi connectivity index (χ4n) is 3.05. The van der Waals surface area contributed by atoms with Crippen molar-refractivity contribution in [2.75, 3.05) is 13.6 Å². The quantitative estimate of drug-likeness (QED) is 0.435. The summed E-state index contributed by atoms with van der Waals surface area (Å²) in [7, 11) is 1.66. The van der Waals surface area contributed by atoms with Crippen molar-refractivity contribution in [3.8, 4) is 0 Å². The topological polar surface area (TPSA) is 119 Å². The Bertz CT molecular complexity index is 456. The Morgan fingerprint density at radius 2 is 1.84 bits per heavy atom. The first-order chi connectivity index (χ1) is 11.9. The molecule has 1 saturated heterocycles. The zero-order chi connectivity index (χ0) is 18.8. The van der Waals surface area contributed by atoms with Gasteiger partial charge < -0.3 is 15.3 Å². The van der Waals surface area contributed by atoms with Crippen molar-refractivity contribution in [1.82, 2.24) is 15.7 Å². The molecule has 0 aromatic heterocycles. The number of likely N-dealkylation sites (N-methyl/N-ethyl adjacent to an activating group) is 1. The van der Waals surface area contributed by atoms with Gasteiger partial charge in [-0.25, -0.2) is 5.48 Å². The maximum Gasteiger partial charge on any atom is 0.247 e. The van der Waals surface area contributed by atoms with Gasteiger partial charge in [-0.15, -0.1) is 0 Å². The molecule has 4 N–H and O–H groups in total. The summed E-state index contributed by atoms with van der Waals surface area (Å²) in [5.74, 6) is -2.08. The van der Waals surface area contributed by atoms with Crippen LogP contribution in [-0.2, 0) is 14.4 Å². The Hall–Kier alpha value is -1.67. The number of aliphatic hydroxyl groups is 1. The van der Waals surface area contributed by atoms with E-state index < -0.39 is 29.9 Å². The summed E-state index contributed by atoms with van der Waals surface area (Å²) in [5, 5.41) is 21.2. The summed E-state index contributed by atoms with van der Waals surface area (Å²) >= 11 is 0. The van der Waals surface area contributed by atoms with Crippen LogP contribution in [0.3, 0.4) is 0 Å². The Balaban J connectivity index is 2.90. The molecule has 144 valence electrons. The first-order valence-electron chi connectivity index (χ1n) is 9.03. The van der Waals surface area contributed by atoms with Gasteiger partial charge in [-0.1, -0.05) is 32.1 Å². The minimum absolute atomic E-state index is 0.154. The van der Waals surface area contributed by atoms with E-state index in [1.165, 1.54) is 11.8 Å². The zero-order valence-corrected chi connectivity index (χ0v) is 15.2. The first kappa shape index (κ1) is 21.4. The van der Waals surface area contributed by atoms with Crippen molar-refractivity contribution >= 4 is 17.7 Å². The van der Waals surface area contributed by atoms with E-state index in [1.807, 2.05) is 0 Å². The average molecular weight is 357 g/mol. The smallest absolute Gasteiger partial charge is 0.247 e. The average Bonchev–Trinajstić information content (AvgIpc) is 2.58. The lowest BCUT2D eigenvalue weighted by molar-refractivity contribution is -0.140. The number of carbonyl (C=O) groups excluding carboxylic acids is 3. The maximum atomic E-state index is 12.5. The molecule has 1 fully saturated rings. The van der Waals surface area contributed by atoms with E-state index in [1.54, 1.807) is 12.5 Å². The Labute approximate surface area is 148 Å². The Morgan fingerprint density at radius 1 is 1.24 bits per heavy atom. The Kier molecular flexibility index (Phi) is 9.44. The summed E-state index contributed by atoms with van der Waals surface area (Å²) in [6, 6.07) is -1.04. The third-order valence-electron chi connectivity index (χ3n) is 4.65. The second kappa shape index (κ2) is 11.0. The largest absolute Gasteiger partial charge is 0.391 e. The molecule has 0 bridgehead atoms. The molecule has 8 nitrogen and oxygen atoms in total. The predicted octanol–water partition coefficient (Wildman–Crippen LogP) is 0.566. The van der Waals surface area contributed by atoms with Crippen molar-refractivity contribution < 1.29 is 24.7 Å². The third-order valence-corrected chi connectivity index (χ3v) is 4.65. The number of hydrogen-bond acceptors (Lipinski definition) is 5. The molecule has 1 aliphatic heterocycles. The van der Waals surface area contributed by atoms with Gasteiger partial charge in [-0.05, 0) is 19.8 Å². The van der Waals surface area contributed by atoms with Gasteiger partial charge in [0.05, 0.1) is 6.10 Å². The van der Waals surface area contributed by atoms with Gasteiger partial charge in [0.15, 0.2) is 0 Å².